The molecule has 0 saturated carbocycles. The molecule has 1 aliphatic rings. The second kappa shape index (κ2) is 8.45. The van der Waals surface area contributed by atoms with Gasteiger partial charge >= 0.3 is 11.8 Å². The van der Waals surface area contributed by atoms with Crippen molar-refractivity contribution in [2.75, 3.05) is 26.1 Å². The minimum atomic E-state index is -0.729. The van der Waals surface area contributed by atoms with Crippen LogP contribution in [-0.4, -0.2) is 48.5 Å². The molecule has 27 heavy (non-hydrogen) atoms. The number of ether oxygens (including phenoxy) is 2. The van der Waals surface area contributed by atoms with Crippen molar-refractivity contribution in [3.8, 4) is 11.4 Å². The molecule has 2 heterocycles. The Balaban J connectivity index is 1.84. The fraction of sp³-hybridized carbons (Fsp3) is 0.389. The molecule has 0 aliphatic carbocycles. The molecule has 9 heteroatoms. The number of anilines is 1. The van der Waals surface area contributed by atoms with E-state index in [0.29, 0.717) is 12.4 Å². The van der Waals surface area contributed by atoms with Gasteiger partial charge in [0.05, 0.1) is 25.1 Å². The lowest BCUT2D eigenvalue weighted by Crippen LogP contribution is -2.42. The highest BCUT2D eigenvalue weighted by Crippen LogP contribution is 2.36. The predicted molar refractivity (Wildman–Crippen MR) is 103 cm³/mol. The molecule has 1 aromatic carbocycles. The molecule has 1 aromatic heterocycles. The number of hydrogen-bond donors (Lipinski definition) is 2. The van der Waals surface area contributed by atoms with Crippen LogP contribution in [0.5, 0.6) is 5.75 Å². The second-order valence-corrected chi connectivity index (χ2v) is 7.15. The normalized spacial score (nSPS) is 13.7. The quantitative estimate of drug-likeness (QED) is 0.730. The highest BCUT2D eigenvalue weighted by atomic mass is 32.2. The van der Waals surface area contributed by atoms with Crippen molar-refractivity contribution in [3.05, 3.63) is 35.5 Å². The summed E-state index contributed by atoms with van der Waals surface area (Å²) in [7, 11) is 3.14. The van der Waals surface area contributed by atoms with Crippen LogP contribution in [0, 0.1) is 0 Å². The van der Waals surface area contributed by atoms with Gasteiger partial charge in [0.15, 0.2) is 0 Å². The fourth-order valence-corrected chi connectivity index (χ4v) is 3.83. The van der Waals surface area contributed by atoms with Gasteiger partial charge in [-0.2, -0.15) is 16.9 Å². The third kappa shape index (κ3) is 4.25. The van der Waals surface area contributed by atoms with Gasteiger partial charge in [-0.1, -0.05) is 0 Å². The van der Waals surface area contributed by atoms with Crippen LogP contribution in [0.1, 0.15) is 18.2 Å². The molecular weight excluding hydrogens is 368 g/mol. The smallest absolute Gasteiger partial charge is 0.314 e. The summed E-state index contributed by atoms with van der Waals surface area (Å²) in [6.07, 6.45) is 0. The third-order valence-electron chi connectivity index (χ3n) is 4.10. The Hall–Kier alpha value is -2.52. The number of nitrogens with one attached hydrogen (secondary N) is 2. The van der Waals surface area contributed by atoms with Gasteiger partial charge in [-0.3, -0.25) is 9.59 Å². The van der Waals surface area contributed by atoms with E-state index in [0.717, 1.165) is 34.2 Å². The van der Waals surface area contributed by atoms with Crippen LogP contribution < -0.4 is 15.4 Å². The van der Waals surface area contributed by atoms with Crippen LogP contribution >= 0.6 is 11.8 Å². The highest BCUT2D eigenvalue weighted by Gasteiger charge is 2.26. The summed E-state index contributed by atoms with van der Waals surface area (Å²) in [6, 6.07) is 7.08. The average molecular weight is 390 g/mol. The molecule has 0 bridgehead atoms. The van der Waals surface area contributed by atoms with Crippen LogP contribution in [0.15, 0.2) is 24.3 Å². The van der Waals surface area contributed by atoms with Crippen LogP contribution in [0.25, 0.3) is 5.69 Å². The number of carbonyl (C=O) groups excluding carboxylic acids is 2. The molecule has 0 saturated heterocycles. The first-order valence-corrected chi connectivity index (χ1v) is 9.62. The lowest BCUT2D eigenvalue weighted by Gasteiger charge is -2.14. The van der Waals surface area contributed by atoms with Crippen LogP contribution in [-0.2, 0) is 25.8 Å². The van der Waals surface area contributed by atoms with Crippen molar-refractivity contribution in [2.24, 2.45) is 0 Å². The summed E-state index contributed by atoms with van der Waals surface area (Å²) < 4.78 is 11.8. The summed E-state index contributed by atoms with van der Waals surface area (Å²) in [5, 5.41) is 9.94. The van der Waals surface area contributed by atoms with E-state index in [1.165, 1.54) is 7.11 Å². The second-order valence-electron chi connectivity index (χ2n) is 6.16. The van der Waals surface area contributed by atoms with Crippen molar-refractivity contribution in [1.29, 1.82) is 0 Å². The first-order valence-electron chi connectivity index (χ1n) is 8.47. The van der Waals surface area contributed by atoms with Crippen molar-refractivity contribution < 1.29 is 19.1 Å². The molecule has 2 aromatic rings. The molecule has 1 aliphatic heterocycles. The van der Waals surface area contributed by atoms with E-state index in [4.69, 9.17) is 9.47 Å². The number of aromatic nitrogens is 2. The zero-order valence-electron chi connectivity index (χ0n) is 15.4. The third-order valence-corrected chi connectivity index (χ3v) is 5.07. The average Bonchev–Trinajstić information content (AvgIpc) is 3.24. The minimum Gasteiger partial charge on any atom is -0.497 e. The molecule has 1 unspecified atom stereocenters. The number of amides is 2. The number of carbonyl (C=O) groups is 2. The van der Waals surface area contributed by atoms with E-state index in [1.807, 2.05) is 24.3 Å². The van der Waals surface area contributed by atoms with E-state index in [1.54, 1.807) is 30.5 Å². The Bertz CT molecular complexity index is 835. The molecule has 2 amide bonds. The van der Waals surface area contributed by atoms with E-state index in [-0.39, 0.29) is 6.04 Å². The number of nitrogens with zero attached hydrogens (tertiary/aromatic N) is 2. The van der Waals surface area contributed by atoms with Gasteiger partial charge in [-0.05, 0) is 31.2 Å². The van der Waals surface area contributed by atoms with Crippen molar-refractivity contribution in [1.82, 2.24) is 15.1 Å². The first kappa shape index (κ1) is 19.2. The number of methoxy groups -OCH3 is 2. The summed E-state index contributed by atoms with van der Waals surface area (Å²) in [5.41, 5.74) is 2.64. The van der Waals surface area contributed by atoms with Crippen LogP contribution in [0.2, 0.25) is 0 Å². The number of benzene rings is 1. The van der Waals surface area contributed by atoms with Gasteiger partial charge in [0.2, 0.25) is 0 Å². The molecule has 144 valence electrons. The van der Waals surface area contributed by atoms with Crippen molar-refractivity contribution in [3.63, 3.8) is 0 Å². The molecule has 2 N–H and O–H groups in total. The summed E-state index contributed by atoms with van der Waals surface area (Å²) in [5.74, 6) is 1.33. The summed E-state index contributed by atoms with van der Waals surface area (Å²) in [4.78, 5) is 24.6. The minimum absolute atomic E-state index is 0.263. The molecular formula is C18H22N4O4S. The lowest BCUT2D eigenvalue weighted by molar-refractivity contribution is -0.136. The predicted octanol–water partition coefficient (Wildman–Crippen LogP) is 1.72. The fourth-order valence-electron chi connectivity index (χ4n) is 2.80. The Labute approximate surface area is 161 Å². The zero-order valence-corrected chi connectivity index (χ0v) is 16.3. The summed E-state index contributed by atoms with van der Waals surface area (Å²) >= 11 is 1.72. The van der Waals surface area contributed by atoms with E-state index < -0.39 is 11.8 Å². The number of hydrogen-bond acceptors (Lipinski definition) is 6. The van der Waals surface area contributed by atoms with Crippen LogP contribution in [0.4, 0.5) is 5.82 Å². The zero-order chi connectivity index (χ0) is 19.4. The Morgan fingerprint density at radius 3 is 2.63 bits per heavy atom. The number of rotatable bonds is 6. The molecule has 0 fully saturated rings. The lowest BCUT2D eigenvalue weighted by atomic mass is 10.2. The van der Waals surface area contributed by atoms with Gasteiger partial charge in [0, 0.05) is 30.2 Å². The van der Waals surface area contributed by atoms with Gasteiger partial charge in [-0.25, -0.2) is 4.68 Å². The molecule has 3 rings (SSSR count). The van der Waals surface area contributed by atoms with E-state index in [9.17, 15) is 9.59 Å². The monoisotopic (exact) mass is 390 g/mol. The first-order chi connectivity index (χ1) is 13.0. The summed E-state index contributed by atoms with van der Waals surface area (Å²) in [6.45, 7) is 2.10. The largest absolute Gasteiger partial charge is 0.497 e. The van der Waals surface area contributed by atoms with Gasteiger partial charge in [0.25, 0.3) is 0 Å². The Morgan fingerprint density at radius 2 is 1.96 bits per heavy atom. The highest BCUT2D eigenvalue weighted by molar-refractivity contribution is 7.98. The van der Waals surface area contributed by atoms with Crippen molar-refractivity contribution in [2.45, 2.75) is 24.5 Å². The maximum absolute atomic E-state index is 12.4. The molecule has 0 radical (unpaired) electrons. The number of fused-ring (bicyclic) bond motifs is 1. The van der Waals surface area contributed by atoms with Gasteiger partial charge in [0.1, 0.15) is 11.6 Å². The number of thioether (sulfide) groups is 1. The maximum atomic E-state index is 12.4. The standard InChI is InChI=1S/C18H22N4O4S/c1-11(8-25-2)19-17(23)18(24)20-16-14-9-27-10-15(14)21-22(16)12-4-6-13(26-3)7-5-12/h4-7,11H,8-10H2,1-3H3,(H,19,23)(H,20,24). The SMILES string of the molecule is COCC(C)NC(=O)C(=O)Nc1c2c(nn1-c1ccc(OC)cc1)CSC2. The van der Waals surface area contributed by atoms with Crippen LogP contribution in [0.3, 0.4) is 0 Å². The van der Waals surface area contributed by atoms with E-state index in [2.05, 4.69) is 15.7 Å². The maximum Gasteiger partial charge on any atom is 0.314 e. The Kier molecular flexibility index (Phi) is 6.02. The van der Waals surface area contributed by atoms with Crippen molar-refractivity contribution >= 4 is 29.4 Å². The van der Waals surface area contributed by atoms with E-state index >= 15 is 0 Å². The van der Waals surface area contributed by atoms with Gasteiger partial charge < -0.3 is 20.1 Å². The molecule has 8 nitrogen and oxygen atoms in total. The topological polar surface area (TPSA) is 94.5 Å². The Morgan fingerprint density at radius 1 is 1.22 bits per heavy atom. The van der Waals surface area contributed by atoms with Gasteiger partial charge in [-0.15, -0.1) is 0 Å². The molecule has 1 atom stereocenters. The molecule has 0 spiro atoms.